The van der Waals surface area contributed by atoms with Crippen LogP contribution in [0.5, 0.6) is 0 Å². The predicted octanol–water partition coefficient (Wildman–Crippen LogP) is 13.5. The quantitative estimate of drug-likeness (QED) is 0.0867. The van der Waals surface area contributed by atoms with Crippen molar-refractivity contribution in [3.8, 4) is 22.3 Å². The number of hydrogen-bond acceptors (Lipinski definition) is 20. The molecule has 6 aromatic heterocycles. The van der Waals surface area contributed by atoms with E-state index < -0.39 is 7.12 Å². The summed E-state index contributed by atoms with van der Waals surface area (Å²) >= 11 is 8.71. The molecule has 0 amide bonds. The number of piperidine rings is 6. The molecular weight excluding hydrogens is 1300 g/mol. The van der Waals surface area contributed by atoms with E-state index in [-0.39, 0.29) is 17.3 Å². The second kappa shape index (κ2) is 32.1. The van der Waals surface area contributed by atoms with Crippen molar-refractivity contribution < 1.29 is 24.4 Å². The molecule has 15 rings (SSSR count). The van der Waals surface area contributed by atoms with Gasteiger partial charge in [-0.25, -0.2) is 15.0 Å². The molecule has 22 heteroatoms. The number of anilines is 3. The zero-order chi connectivity index (χ0) is 65.1. The van der Waals surface area contributed by atoms with Gasteiger partial charge in [0, 0.05) is 108 Å². The van der Waals surface area contributed by atoms with E-state index in [0.29, 0.717) is 11.0 Å². The molecular formula is C72H86BBrN12O5S3. The number of fused-ring (bicyclic) bond motifs is 3. The van der Waals surface area contributed by atoms with E-state index in [1.165, 1.54) is 153 Å². The number of Topliss-reactive ketones (excluding diaryl/α,β-unsaturated/α-hetero) is 3. The fraction of sp³-hybridized carbons (Fsp3) is 0.458. The van der Waals surface area contributed by atoms with Crippen LogP contribution in [0, 0.1) is 0 Å². The van der Waals surface area contributed by atoms with Gasteiger partial charge in [0.2, 0.25) is 0 Å². The van der Waals surface area contributed by atoms with Crippen LogP contribution >= 0.6 is 49.9 Å². The van der Waals surface area contributed by atoms with Gasteiger partial charge in [0.25, 0.3) is 0 Å². The van der Waals surface area contributed by atoms with E-state index >= 15 is 0 Å². The molecule has 0 radical (unpaired) electrons. The van der Waals surface area contributed by atoms with Crippen molar-refractivity contribution in [1.29, 1.82) is 0 Å². The van der Waals surface area contributed by atoms with Gasteiger partial charge >= 0.3 is 7.12 Å². The van der Waals surface area contributed by atoms with Gasteiger partial charge in [0.05, 0.1) is 14.1 Å². The van der Waals surface area contributed by atoms with Crippen LogP contribution < -0.4 is 20.2 Å². The molecule has 2 N–H and O–H groups in total. The SMILES string of the molecule is Brc1cnc2nc(N3CCC(N4CCCCC4)CC3)sc2c1.CC(=O)c1cccc(-c2cnc3nc(N4CCC(N5CCCCC5)CC4)sc3c2)c1.CC(=O)c1cccc(-c2cnc3nc(N4CCC(N5CCCCC5)CC4)sc3c2)c1.CC(=O)c1cccc(B(O)O)c1. The second-order valence-corrected chi connectivity index (χ2v) is 29.8. The Morgan fingerprint density at radius 2 is 0.745 bits per heavy atom. The lowest BCUT2D eigenvalue weighted by Crippen LogP contribution is -2.46. The zero-order valence-corrected chi connectivity index (χ0v) is 58.4. The standard InChI is InChI=1S/2C24H28N4OS.C16H21BrN4S.C8H9BO3/c2*1-17(29)18-6-5-7-19(14-18)20-15-22-23(25-16-20)26-24(30-22)28-12-8-21(9-13-28)27-10-3-2-4-11-27;17-12-10-14-15(18-11-12)19-16(22-14)21-8-4-13(5-9-21)20-6-2-1-3-7-20;1-6(10)7-3-2-4-8(5-7)9(11)12/h2*5-7,14-16,21H,2-4,8-13H2,1H3;10-11,13H,1-9H2;2-5,11-12H,1H3. The van der Waals surface area contributed by atoms with Crippen LogP contribution in [-0.4, -0.2) is 176 Å². The van der Waals surface area contributed by atoms with Crippen molar-refractivity contribution in [2.45, 2.75) is 135 Å². The monoisotopic (exact) mass is 1380 g/mol. The summed E-state index contributed by atoms with van der Waals surface area (Å²) in [5.41, 5.74) is 8.91. The van der Waals surface area contributed by atoms with Gasteiger partial charge in [-0.05, 0) is 200 Å². The van der Waals surface area contributed by atoms with Crippen molar-refractivity contribution in [1.82, 2.24) is 44.6 Å². The van der Waals surface area contributed by atoms with Crippen molar-refractivity contribution in [2.75, 3.05) is 93.2 Å². The minimum atomic E-state index is -1.51. The number of halogens is 1. The third-order valence-corrected chi connectivity index (χ3v) is 23.0. The molecule has 17 nitrogen and oxygen atoms in total. The molecule has 94 heavy (non-hydrogen) atoms. The summed E-state index contributed by atoms with van der Waals surface area (Å²) in [7, 11) is -1.51. The summed E-state index contributed by atoms with van der Waals surface area (Å²) < 4.78 is 4.41. The number of benzene rings is 3. The number of rotatable bonds is 12. The summed E-state index contributed by atoms with van der Waals surface area (Å²) in [4.78, 5) is 77.7. The first-order valence-corrected chi connectivity index (χ1v) is 37.1. The normalized spacial score (nSPS) is 18.3. The first-order chi connectivity index (χ1) is 45.7. The molecule has 9 aromatic rings. The maximum atomic E-state index is 11.7. The van der Waals surface area contributed by atoms with Crippen LogP contribution in [0.1, 0.15) is 148 Å². The largest absolute Gasteiger partial charge is 0.488 e. The molecule has 0 atom stereocenters. The molecule has 0 aliphatic carbocycles. The molecule has 0 bridgehead atoms. The van der Waals surface area contributed by atoms with Gasteiger partial charge in [-0.15, -0.1) is 0 Å². The van der Waals surface area contributed by atoms with Gasteiger partial charge in [-0.1, -0.05) is 114 Å². The molecule has 0 spiro atoms. The Bertz CT molecular complexity index is 3860. The number of carbonyl (C=O) groups excluding carboxylic acids is 3. The van der Waals surface area contributed by atoms with Crippen LogP contribution in [-0.2, 0) is 0 Å². The maximum Gasteiger partial charge on any atom is 0.488 e. The lowest BCUT2D eigenvalue weighted by molar-refractivity contribution is 0.100. The summed E-state index contributed by atoms with van der Waals surface area (Å²) in [6.07, 6.45) is 25.5. The first-order valence-electron chi connectivity index (χ1n) is 33.9. The number of carbonyl (C=O) groups is 3. The molecule has 6 aliphatic rings. The number of aromatic nitrogens is 6. The average molecular weight is 1390 g/mol. The van der Waals surface area contributed by atoms with Gasteiger partial charge in [0.1, 0.15) is 0 Å². The molecule has 6 aliphatic heterocycles. The molecule has 492 valence electrons. The van der Waals surface area contributed by atoms with Crippen molar-refractivity contribution in [3.05, 3.63) is 131 Å². The van der Waals surface area contributed by atoms with E-state index in [1.54, 1.807) is 66.1 Å². The molecule has 3 aromatic carbocycles. The number of hydrogen-bond donors (Lipinski definition) is 2. The van der Waals surface area contributed by atoms with E-state index in [2.05, 4.69) is 78.5 Å². The Morgan fingerprint density at radius 3 is 1.10 bits per heavy atom. The van der Waals surface area contributed by atoms with Crippen LogP contribution in [0.25, 0.3) is 53.3 Å². The minimum absolute atomic E-state index is 0.0823. The second-order valence-electron chi connectivity index (χ2n) is 25.8. The molecule has 6 saturated heterocycles. The molecule has 0 unspecified atom stereocenters. The smallest absolute Gasteiger partial charge is 0.423 e. The predicted molar refractivity (Wildman–Crippen MR) is 389 cm³/mol. The molecule has 0 saturated carbocycles. The summed E-state index contributed by atoms with van der Waals surface area (Å²) in [6.45, 7) is 18.9. The average Bonchev–Trinajstić information content (AvgIpc) is 1.67. The van der Waals surface area contributed by atoms with Crippen LogP contribution in [0.4, 0.5) is 15.4 Å². The van der Waals surface area contributed by atoms with E-state index in [4.69, 9.17) is 25.0 Å². The van der Waals surface area contributed by atoms with Gasteiger partial charge < -0.3 is 39.4 Å². The highest BCUT2D eigenvalue weighted by molar-refractivity contribution is 9.10. The highest BCUT2D eigenvalue weighted by Crippen LogP contribution is 2.37. The third-order valence-electron chi connectivity index (χ3n) is 19.4. The molecule has 12 heterocycles. The lowest BCUT2D eigenvalue weighted by Gasteiger charge is -2.40. The highest BCUT2D eigenvalue weighted by Gasteiger charge is 2.30. The topological polar surface area (TPSA) is 188 Å². The van der Waals surface area contributed by atoms with Gasteiger partial charge in [-0.3, -0.25) is 14.4 Å². The van der Waals surface area contributed by atoms with Crippen molar-refractivity contribution >= 4 is 126 Å². The Balaban J connectivity index is 0.000000126. The summed E-state index contributed by atoms with van der Waals surface area (Å²) in [6, 6.07) is 30.5. The Morgan fingerprint density at radius 1 is 0.415 bits per heavy atom. The zero-order valence-electron chi connectivity index (χ0n) is 54.4. The highest BCUT2D eigenvalue weighted by atomic mass is 79.9. The summed E-state index contributed by atoms with van der Waals surface area (Å²) in [5.74, 6) is 0.0790. The van der Waals surface area contributed by atoms with Crippen molar-refractivity contribution in [3.63, 3.8) is 0 Å². The van der Waals surface area contributed by atoms with Gasteiger partial charge in [-0.2, -0.15) is 15.0 Å². The summed E-state index contributed by atoms with van der Waals surface area (Å²) in [5, 5.41) is 20.9. The number of likely N-dealkylation sites (tertiary alicyclic amines) is 3. The number of nitrogens with zero attached hydrogens (tertiary/aromatic N) is 12. The van der Waals surface area contributed by atoms with Gasteiger partial charge in [0.15, 0.2) is 49.7 Å². The third kappa shape index (κ3) is 17.2. The van der Waals surface area contributed by atoms with E-state index in [9.17, 15) is 14.4 Å². The number of pyridine rings is 3. The number of ketones is 3. The Labute approximate surface area is 573 Å². The Kier molecular flexibility index (Phi) is 23.0. The van der Waals surface area contributed by atoms with Crippen molar-refractivity contribution in [2.24, 2.45) is 0 Å². The first kappa shape index (κ1) is 67.5. The lowest BCUT2D eigenvalue weighted by atomic mass is 9.79. The fourth-order valence-electron chi connectivity index (χ4n) is 14.0. The fourth-order valence-corrected chi connectivity index (χ4v) is 17.5. The van der Waals surface area contributed by atoms with E-state index in [0.717, 1.165) is 137 Å². The minimum Gasteiger partial charge on any atom is -0.423 e. The van der Waals surface area contributed by atoms with Crippen LogP contribution in [0.3, 0.4) is 0 Å². The van der Waals surface area contributed by atoms with Crippen LogP contribution in [0.2, 0.25) is 0 Å². The van der Waals surface area contributed by atoms with Crippen LogP contribution in [0.15, 0.2) is 114 Å². The van der Waals surface area contributed by atoms with E-state index in [1.807, 2.05) is 67.1 Å². The maximum absolute atomic E-state index is 11.7. The Hall–Kier alpha value is -6.47. The molecule has 6 fully saturated rings. The number of thiazole rings is 3.